The Kier molecular flexibility index (Phi) is 10.6. The third-order valence-electron chi connectivity index (χ3n) is 7.90. The summed E-state index contributed by atoms with van der Waals surface area (Å²) in [5.41, 5.74) is 10.3. The molecular weight excluding hydrogens is 785 g/mol. The largest absolute Gasteiger partial charge is 0.490 e. The van der Waals surface area contributed by atoms with Crippen LogP contribution in [0.4, 0.5) is 11.9 Å². The van der Waals surface area contributed by atoms with E-state index in [9.17, 15) is 53.6 Å². The number of anilines is 2. The van der Waals surface area contributed by atoms with Crippen LogP contribution in [-0.4, -0.2) is 126 Å². The lowest BCUT2D eigenvalue weighted by Crippen LogP contribution is -2.35. The molecule has 292 valence electrons. The van der Waals surface area contributed by atoms with E-state index >= 15 is 0 Å². The highest BCUT2D eigenvalue weighted by molar-refractivity contribution is 7.66. The van der Waals surface area contributed by atoms with Crippen molar-refractivity contribution in [2.45, 2.75) is 49.1 Å². The molecule has 4 aromatic rings. The first-order chi connectivity index (χ1) is 24.7. The predicted octanol–water partition coefficient (Wildman–Crippen LogP) is -3.48. The molecule has 2 aliphatic rings. The summed E-state index contributed by atoms with van der Waals surface area (Å²) in [6, 6.07) is 0. The van der Waals surface area contributed by atoms with Crippen LogP contribution < -0.4 is 21.6 Å². The van der Waals surface area contributed by atoms with Crippen LogP contribution in [0.1, 0.15) is 12.5 Å². The molecule has 12 N–H and O–H groups in total. The van der Waals surface area contributed by atoms with Gasteiger partial charge in [-0.25, -0.2) is 23.2 Å². The van der Waals surface area contributed by atoms with Gasteiger partial charge in [-0.1, -0.05) is 0 Å². The number of aromatic hydroxyl groups is 1. The number of aryl methyl sites for hydroxylation is 1. The summed E-state index contributed by atoms with van der Waals surface area (Å²) in [5.74, 6) is -1.06. The van der Waals surface area contributed by atoms with Gasteiger partial charge in [-0.3, -0.25) is 23.4 Å². The monoisotopic (exact) mass is 817 g/mol. The van der Waals surface area contributed by atoms with Crippen molar-refractivity contribution in [1.82, 2.24) is 34.1 Å². The summed E-state index contributed by atoms with van der Waals surface area (Å²) in [7, 11) is -14.6. The summed E-state index contributed by atoms with van der Waals surface area (Å²) in [6.45, 7) is -2.07. The summed E-state index contributed by atoms with van der Waals surface area (Å²) in [4.78, 5) is 60.0. The Bertz CT molecular complexity index is 2230. The maximum absolute atomic E-state index is 12.6. The van der Waals surface area contributed by atoms with Crippen LogP contribution in [-0.2, 0) is 52.6 Å². The molecule has 2 saturated heterocycles. The highest BCUT2D eigenvalue weighted by Gasteiger charge is 2.51. The number of nitrogens with one attached hydrogen (secondary N) is 1. The Hall–Kier alpha value is -3.53. The van der Waals surface area contributed by atoms with E-state index in [2.05, 4.69) is 38.1 Å². The number of hydrogen-bond donors (Lipinski definition) is 10. The Labute approximate surface area is 293 Å². The minimum absolute atomic E-state index is 0.0565. The van der Waals surface area contributed by atoms with E-state index in [0.29, 0.717) is 0 Å². The number of aliphatic hydroxyl groups is 3. The Morgan fingerprint density at radius 2 is 1.49 bits per heavy atom. The molecule has 0 radical (unpaired) electrons. The number of nitrogen functional groups attached to an aromatic ring is 2. The van der Waals surface area contributed by atoms with Crippen LogP contribution in [0.15, 0.2) is 17.4 Å². The van der Waals surface area contributed by atoms with Crippen molar-refractivity contribution in [1.29, 1.82) is 0 Å². The minimum Gasteiger partial charge on any atom is -0.490 e. The molecule has 0 bridgehead atoms. The zero-order valence-corrected chi connectivity index (χ0v) is 29.6. The SMILES string of the molecule is CO[C@H]1C(O)[C@@H](COP(=O)(O)OP(=O)(O)OP(=O)(O)OC[C@H]2O[C@@H](n3cnc4c(=O)[nH]c(N)nc43)C(O)[C@H]2O)O[C@H]1n1c[n+](C)c2c(O)nc(N)nc21. The molecule has 0 aromatic carbocycles. The molecule has 0 saturated carbocycles. The zero-order valence-electron chi connectivity index (χ0n) is 26.9. The maximum atomic E-state index is 12.6. The van der Waals surface area contributed by atoms with Gasteiger partial charge in [-0.2, -0.15) is 28.1 Å². The topological polar surface area (TPSA) is 408 Å². The first-order valence-corrected chi connectivity index (χ1v) is 19.2. The van der Waals surface area contributed by atoms with Gasteiger partial charge in [0.05, 0.1) is 26.6 Å². The van der Waals surface area contributed by atoms with Crippen molar-refractivity contribution < 1.29 is 85.2 Å². The maximum Gasteiger partial charge on any atom is 0.490 e. The van der Waals surface area contributed by atoms with Crippen molar-refractivity contribution in [3.8, 4) is 5.88 Å². The number of phosphoric ester groups is 2. The molecule has 6 heterocycles. The summed E-state index contributed by atoms with van der Waals surface area (Å²) in [5, 5.41) is 42.0. The van der Waals surface area contributed by atoms with Crippen molar-refractivity contribution in [3.63, 3.8) is 0 Å². The lowest BCUT2D eigenvalue weighted by atomic mass is 10.1. The highest BCUT2D eigenvalue weighted by Crippen LogP contribution is 2.68. The van der Waals surface area contributed by atoms with E-state index in [-0.39, 0.29) is 34.2 Å². The number of phosphoric acid groups is 3. The number of aromatic nitrogens is 8. The molecule has 4 aromatic heterocycles. The normalized spacial score (nSPS) is 29.7. The van der Waals surface area contributed by atoms with Crippen molar-refractivity contribution in [2.24, 2.45) is 7.05 Å². The van der Waals surface area contributed by atoms with Crippen LogP contribution in [0.5, 0.6) is 5.88 Å². The number of ether oxygens (including phenoxy) is 3. The smallest absolute Gasteiger partial charge is 0.490 e. The predicted molar refractivity (Wildman–Crippen MR) is 168 cm³/mol. The van der Waals surface area contributed by atoms with E-state index in [1.807, 2.05) is 0 Å². The fraction of sp³-hybridized carbons (Fsp3) is 0.545. The molecule has 0 spiro atoms. The number of aromatic amines is 1. The second kappa shape index (κ2) is 14.3. The van der Waals surface area contributed by atoms with E-state index < -0.39 is 97.2 Å². The fourth-order valence-corrected chi connectivity index (χ4v) is 9.17. The van der Waals surface area contributed by atoms with Gasteiger partial charge in [0.15, 0.2) is 23.5 Å². The number of methoxy groups -OCH3 is 1. The van der Waals surface area contributed by atoms with Crippen LogP contribution in [0.25, 0.3) is 22.3 Å². The molecule has 6 rings (SSSR count). The molecule has 31 heteroatoms. The van der Waals surface area contributed by atoms with Crippen molar-refractivity contribution >= 4 is 57.7 Å². The number of nitrogens with zero attached hydrogens (tertiary/aromatic N) is 7. The van der Waals surface area contributed by atoms with E-state index in [4.69, 9.17) is 30.2 Å². The summed E-state index contributed by atoms with van der Waals surface area (Å²) < 4.78 is 75.4. The molecule has 11 atom stereocenters. The van der Waals surface area contributed by atoms with E-state index in [0.717, 1.165) is 10.9 Å². The van der Waals surface area contributed by atoms with Gasteiger partial charge >= 0.3 is 23.5 Å². The van der Waals surface area contributed by atoms with Gasteiger partial charge in [0.2, 0.25) is 24.5 Å². The standard InChI is InChI=1S/C22H31N10O18P3/c1-30-6-32(16-10(30)18(37)29-22(24)27-16)20-14(44-2)12(34)8(48-20)4-46-52(40,41)50-53(42,43)49-51(38,39)45-3-7-11(33)13(35)19(47-7)31-5-25-9-15(31)26-21(23)28-17(9)36/h5-8,11-14,19-20,33-35H,3-4H2,1-2H3,(H8-,23,24,26,27,28,29,36,37,38,39,40,41,42,43)/p+1/t7-,8-,11+,12?,13?,14+,19-,20-/m1/s1. The summed E-state index contributed by atoms with van der Waals surface area (Å²) in [6.07, 6.45) is -9.64. The molecule has 28 nitrogen and oxygen atoms in total. The van der Waals surface area contributed by atoms with E-state index in [1.165, 1.54) is 29.6 Å². The number of imidazole rings is 2. The van der Waals surface area contributed by atoms with Gasteiger partial charge in [0.25, 0.3) is 22.6 Å². The quantitative estimate of drug-likeness (QED) is 0.0462. The van der Waals surface area contributed by atoms with Crippen LogP contribution in [0, 0.1) is 0 Å². The number of nitrogens with two attached hydrogens (primary N) is 2. The third kappa shape index (κ3) is 7.85. The molecule has 0 amide bonds. The number of aliphatic hydroxyl groups excluding tert-OH is 3. The lowest BCUT2D eigenvalue weighted by molar-refractivity contribution is -0.646. The van der Waals surface area contributed by atoms with Crippen molar-refractivity contribution in [3.05, 3.63) is 23.0 Å². The Balaban J connectivity index is 1.06. The summed E-state index contributed by atoms with van der Waals surface area (Å²) >= 11 is 0. The third-order valence-corrected chi connectivity index (χ3v) is 12.1. The fourth-order valence-electron chi connectivity index (χ4n) is 5.65. The number of fused-ring (bicyclic) bond motifs is 2. The molecule has 0 aliphatic carbocycles. The van der Waals surface area contributed by atoms with Crippen LogP contribution in [0.2, 0.25) is 0 Å². The number of H-pyrrole nitrogens is 1. The van der Waals surface area contributed by atoms with Gasteiger partial charge < -0.3 is 60.8 Å². The van der Waals surface area contributed by atoms with Gasteiger partial charge in [0.1, 0.15) is 30.5 Å². The average Bonchev–Trinajstić information content (AvgIpc) is 3.77. The highest BCUT2D eigenvalue weighted by atomic mass is 31.3. The van der Waals surface area contributed by atoms with E-state index in [1.54, 1.807) is 0 Å². The minimum atomic E-state index is -5.98. The zero-order chi connectivity index (χ0) is 38.8. The molecular formula is C22H32N10O18P3+. The van der Waals surface area contributed by atoms with Crippen LogP contribution in [0.3, 0.4) is 0 Å². The second-order valence-corrected chi connectivity index (χ2v) is 16.1. The first-order valence-electron chi connectivity index (χ1n) is 14.7. The molecule has 5 unspecified atom stereocenters. The number of rotatable bonds is 13. The van der Waals surface area contributed by atoms with Gasteiger partial charge in [-0.05, 0) is 0 Å². The lowest BCUT2D eigenvalue weighted by Gasteiger charge is -2.21. The second-order valence-electron chi connectivity index (χ2n) is 11.4. The van der Waals surface area contributed by atoms with Crippen molar-refractivity contribution in [2.75, 3.05) is 31.8 Å². The Morgan fingerprint density at radius 1 is 0.887 bits per heavy atom. The molecule has 2 aliphatic heterocycles. The Morgan fingerprint density at radius 3 is 2.11 bits per heavy atom. The molecule has 2 fully saturated rings. The van der Waals surface area contributed by atoms with Crippen LogP contribution >= 0.6 is 23.5 Å². The first kappa shape index (κ1) is 39.2. The molecule has 53 heavy (non-hydrogen) atoms. The number of hydrogen-bond acceptors (Lipinski definition) is 21. The van der Waals surface area contributed by atoms with Gasteiger partial charge in [0, 0.05) is 7.11 Å². The van der Waals surface area contributed by atoms with Gasteiger partial charge in [-0.15, -0.1) is 0 Å². The average molecular weight is 817 g/mol.